The van der Waals surface area contributed by atoms with E-state index in [0.29, 0.717) is 33.3 Å². The lowest BCUT2D eigenvalue weighted by Crippen LogP contribution is -2.15. The molecule has 1 amide bonds. The highest BCUT2D eigenvalue weighted by Crippen LogP contribution is 2.30. The SMILES string of the molecule is CCn1c(SCC(=O)Nc2cccc(Cl)c2Cl)nnc1[C@@H](C)Oc1ccccc1. The summed E-state index contributed by atoms with van der Waals surface area (Å²) in [5.74, 6) is 1.42. The number of halogens is 2. The number of aromatic nitrogens is 3. The molecule has 0 aliphatic carbocycles. The highest BCUT2D eigenvalue weighted by atomic mass is 35.5. The third-order valence-electron chi connectivity index (χ3n) is 4.04. The first-order valence-corrected chi connectivity index (χ1v) is 10.7. The van der Waals surface area contributed by atoms with E-state index in [1.165, 1.54) is 11.8 Å². The van der Waals surface area contributed by atoms with Crippen LogP contribution in [-0.4, -0.2) is 26.4 Å². The molecule has 3 aromatic rings. The number of ether oxygens (including phenoxy) is 1. The lowest BCUT2D eigenvalue weighted by Gasteiger charge is -2.15. The van der Waals surface area contributed by atoms with E-state index in [4.69, 9.17) is 27.9 Å². The van der Waals surface area contributed by atoms with Gasteiger partial charge in [0.05, 0.1) is 21.5 Å². The van der Waals surface area contributed by atoms with Crippen LogP contribution < -0.4 is 10.1 Å². The molecule has 2 aromatic carbocycles. The van der Waals surface area contributed by atoms with Crippen LogP contribution in [-0.2, 0) is 11.3 Å². The third-order valence-corrected chi connectivity index (χ3v) is 5.83. The number of nitrogens with zero attached hydrogens (tertiary/aromatic N) is 3. The molecule has 0 saturated carbocycles. The summed E-state index contributed by atoms with van der Waals surface area (Å²) in [5, 5.41) is 12.6. The molecule has 0 saturated heterocycles. The predicted molar refractivity (Wildman–Crippen MR) is 117 cm³/mol. The molecule has 3 rings (SSSR count). The molecule has 0 spiro atoms. The Balaban J connectivity index is 1.64. The van der Waals surface area contributed by atoms with Crippen molar-refractivity contribution in [1.29, 1.82) is 0 Å². The minimum atomic E-state index is -0.279. The van der Waals surface area contributed by atoms with Crippen molar-refractivity contribution in [2.45, 2.75) is 31.7 Å². The molecule has 152 valence electrons. The van der Waals surface area contributed by atoms with Crippen molar-refractivity contribution < 1.29 is 9.53 Å². The molecule has 0 aliphatic heterocycles. The summed E-state index contributed by atoms with van der Waals surface area (Å²) < 4.78 is 7.89. The first-order chi connectivity index (χ1) is 14.0. The molecule has 6 nitrogen and oxygen atoms in total. The fourth-order valence-corrected chi connectivity index (χ4v) is 3.83. The molecule has 0 unspecified atom stereocenters. The van der Waals surface area contributed by atoms with E-state index in [9.17, 15) is 4.79 Å². The number of rotatable bonds is 8. The number of nitrogens with one attached hydrogen (secondary N) is 1. The Bertz CT molecular complexity index is 982. The standard InChI is InChI=1S/C20H20Cl2N4O2S/c1-3-26-19(13(2)28-14-8-5-4-6-9-14)24-25-20(26)29-12-17(27)23-16-11-7-10-15(21)18(16)22/h4-11,13H,3,12H2,1-2H3,(H,23,27)/t13-/m1/s1. The van der Waals surface area contributed by atoms with Crippen LogP contribution in [0, 0.1) is 0 Å². The van der Waals surface area contributed by atoms with Gasteiger partial charge in [0.15, 0.2) is 17.1 Å². The first-order valence-electron chi connectivity index (χ1n) is 9.01. The number of thioether (sulfide) groups is 1. The summed E-state index contributed by atoms with van der Waals surface area (Å²) in [6, 6.07) is 14.6. The Morgan fingerprint density at radius 2 is 1.93 bits per heavy atom. The second kappa shape index (κ2) is 10.0. The zero-order valence-corrected chi connectivity index (χ0v) is 18.3. The predicted octanol–water partition coefficient (Wildman–Crippen LogP) is 5.48. The van der Waals surface area contributed by atoms with E-state index in [1.807, 2.05) is 48.7 Å². The van der Waals surface area contributed by atoms with Crippen LogP contribution in [0.5, 0.6) is 5.75 Å². The van der Waals surface area contributed by atoms with Gasteiger partial charge in [-0.15, -0.1) is 10.2 Å². The van der Waals surface area contributed by atoms with E-state index >= 15 is 0 Å². The average molecular weight is 451 g/mol. The van der Waals surface area contributed by atoms with E-state index < -0.39 is 0 Å². The number of anilines is 1. The van der Waals surface area contributed by atoms with Gasteiger partial charge in [-0.25, -0.2) is 0 Å². The number of hydrogen-bond acceptors (Lipinski definition) is 5. The fourth-order valence-electron chi connectivity index (χ4n) is 2.68. The van der Waals surface area contributed by atoms with E-state index in [-0.39, 0.29) is 17.8 Å². The van der Waals surface area contributed by atoms with Crippen LogP contribution in [0.15, 0.2) is 53.7 Å². The number of benzene rings is 2. The number of carbonyl (C=O) groups excluding carboxylic acids is 1. The zero-order chi connectivity index (χ0) is 20.8. The molecule has 1 atom stereocenters. The van der Waals surface area contributed by atoms with Gasteiger partial charge in [0.2, 0.25) is 5.91 Å². The molecule has 1 aromatic heterocycles. The van der Waals surface area contributed by atoms with Gasteiger partial charge in [0, 0.05) is 6.54 Å². The summed E-state index contributed by atoms with van der Waals surface area (Å²) in [6.45, 7) is 4.58. The lowest BCUT2D eigenvalue weighted by atomic mass is 10.3. The Kier molecular flexibility index (Phi) is 7.41. The van der Waals surface area contributed by atoms with Gasteiger partial charge in [0.25, 0.3) is 0 Å². The van der Waals surface area contributed by atoms with Gasteiger partial charge in [0.1, 0.15) is 5.75 Å². The average Bonchev–Trinajstić information content (AvgIpc) is 3.14. The van der Waals surface area contributed by atoms with Crippen molar-refractivity contribution in [3.63, 3.8) is 0 Å². The van der Waals surface area contributed by atoms with E-state index in [2.05, 4.69) is 15.5 Å². The smallest absolute Gasteiger partial charge is 0.234 e. The quantitative estimate of drug-likeness (QED) is 0.460. The number of carbonyl (C=O) groups is 1. The monoisotopic (exact) mass is 450 g/mol. The van der Waals surface area contributed by atoms with Gasteiger partial charge in [-0.1, -0.05) is 59.2 Å². The number of amides is 1. The number of para-hydroxylation sites is 1. The second-order valence-electron chi connectivity index (χ2n) is 6.10. The zero-order valence-electron chi connectivity index (χ0n) is 15.9. The second-order valence-corrected chi connectivity index (χ2v) is 7.82. The van der Waals surface area contributed by atoms with Crippen LogP contribution in [0.4, 0.5) is 5.69 Å². The summed E-state index contributed by atoms with van der Waals surface area (Å²) in [5.41, 5.74) is 0.479. The summed E-state index contributed by atoms with van der Waals surface area (Å²) >= 11 is 13.4. The highest BCUT2D eigenvalue weighted by molar-refractivity contribution is 7.99. The molecule has 0 bridgehead atoms. The minimum absolute atomic E-state index is 0.162. The Morgan fingerprint density at radius 3 is 2.66 bits per heavy atom. The summed E-state index contributed by atoms with van der Waals surface area (Å²) in [7, 11) is 0. The topological polar surface area (TPSA) is 69.0 Å². The molecule has 1 heterocycles. The van der Waals surface area contributed by atoms with Gasteiger partial charge >= 0.3 is 0 Å². The van der Waals surface area contributed by atoms with Gasteiger partial charge in [-0.05, 0) is 38.1 Å². The molecule has 9 heteroatoms. The largest absolute Gasteiger partial charge is 0.483 e. The van der Waals surface area contributed by atoms with Crippen molar-refractivity contribution in [1.82, 2.24) is 14.8 Å². The highest BCUT2D eigenvalue weighted by Gasteiger charge is 2.19. The molecular weight excluding hydrogens is 431 g/mol. The van der Waals surface area contributed by atoms with Gasteiger partial charge in [-0.2, -0.15) is 0 Å². The van der Waals surface area contributed by atoms with Crippen LogP contribution >= 0.6 is 35.0 Å². The van der Waals surface area contributed by atoms with Crippen LogP contribution in [0.2, 0.25) is 10.0 Å². The van der Waals surface area contributed by atoms with Crippen molar-refractivity contribution >= 4 is 46.6 Å². The van der Waals surface area contributed by atoms with Crippen molar-refractivity contribution in [2.75, 3.05) is 11.1 Å². The molecule has 1 N–H and O–H groups in total. The fraction of sp³-hybridized carbons (Fsp3) is 0.250. The van der Waals surface area contributed by atoms with Crippen LogP contribution in [0.3, 0.4) is 0 Å². The van der Waals surface area contributed by atoms with E-state index in [0.717, 1.165) is 5.75 Å². The van der Waals surface area contributed by atoms with E-state index in [1.54, 1.807) is 18.2 Å². The Hall–Kier alpha value is -2.22. The maximum absolute atomic E-state index is 12.3. The van der Waals surface area contributed by atoms with Crippen molar-refractivity contribution in [2.24, 2.45) is 0 Å². The molecule has 0 radical (unpaired) electrons. The van der Waals surface area contributed by atoms with Crippen LogP contribution in [0.1, 0.15) is 25.8 Å². The number of hydrogen-bond donors (Lipinski definition) is 1. The van der Waals surface area contributed by atoms with Crippen LogP contribution in [0.25, 0.3) is 0 Å². The first kappa shape index (κ1) is 21.5. The maximum atomic E-state index is 12.3. The Labute approximate surface area is 183 Å². The normalized spacial score (nSPS) is 11.9. The van der Waals surface area contributed by atoms with Crippen molar-refractivity contribution in [3.8, 4) is 5.75 Å². The molecule has 0 aliphatic rings. The molecule has 29 heavy (non-hydrogen) atoms. The third kappa shape index (κ3) is 5.44. The molecular formula is C20H20Cl2N4O2S. The minimum Gasteiger partial charge on any atom is -0.483 e. The summed E-state index contributed by atoms with van der Waals surface area (Å²) in [6.07, 6.45) is -0.279. The summed E-state index contributed by atoms with van der Waals surface area (Å²) in [4.78, 5) is 12.3. The van der Waals surface area contributed by atoms with Crippen molar-refractivity contribution in [3.05, 3.63) is 64.4 Å². The Morgan fingerprint density at radius 1 is 1.17 bits per heavy atom. The lowest BCUT2D eigenvalue weighted by molar-refractivity contribution is -0.113. The molecule has 0 fully saturated rings. The van der Waals surface area contributed by atoms with Gasteiger partial charge in [-0.3, -0.25) is 4.79 Å². The maximum Gasteiger partial charge on any atom is 0.234 e. The van der Waals surface area contributed by atoms with Gasteiger partial charge < -0.3 is 14.6 Å².